The fourth-order valence-corrected chi connectivity index (χ4v) is 2.27. The SMILES string of the molecule is COc1cccc(NC(=O)c2cc(Nc3ccccc3C#N)ncn2)c1. The molecule has 26 heavy (non-hydrogen) atoms. The maximum Gasteiger partial charge on any atom is 0.274 e. The normalized spacial score (nSPS) is 9.85. The van der Waals surface area contributed by atoms with Gasteiger partial charge in [-0.25, -0.2) is 9.97 Å². The lowest BCUT2D eigenvalue weighted by Gasteiger charge is -2.09. The van der Waals surface area contributed by atoms with Crippen molar-refractivity contribution in [1.82, 2.24) is 9.97 Å². The molecule has 7 heteroatoms. The molecule has 0 saturated heterocycles. The third-order valence-corrected chi connectivity index (χ3v) is 3.54. The van der Waals surface area contributed by atoms with Gasteiger partial charge in [0.05, 0.1) is 18.4 Å². The van der Waals surface area contributed by atoms with Crippen molar-refractivity contribution in [3.63, 3.8) is 0 Å². The van der Waals surface area contributed by atoms with Crippen molar-refractivity contribution in [2.45, 2.75) is 0 Å². The second-order valence-corrected chi connectivity index (χ2v) is 5.26. The Hall–Kier alpha value is -3.92. The molecule has 0 saturated carbocycles. The number of nitrogens with one attached hydrogen (secondary N) is 2. The van der Waals surface area contributed by atoms with Gasteiger partial charge in [0.25, 0.3) is 5.91 Å². The molecule has 2 aromatic carbocycles. The standard InChI is InChI=1S/C19H15N5O2/c1-26-15-7-4-6-14(9-15)23-19(25)17-10-18(22-12-21-17)24-16-8-3-2-5-13(16)11-20/h2-10,12H,1H3,(H,23,25)(H,21,22,24). The number of hydrogen-bond acceptors (Lipinski definition) is 6. The summed E-state index contributed by atoms with van der Waals surface area (Å²) >= 11 is 0. The molecule has 0 radical (unpaired) electrons. The van der Waals surface area contributed by atoms with E-state index in [9.17, 15) is 4.79 Å². The van der Waals surface area contributed by atoms with Gasteiger partial charge < -0.3 is 15.4 Å². The Morgan fingerprint density at radius 3 is 2.77 bits per heavy atom. The smallest absolute Gasteiger partial charge is 0.274 e. The van der Waals surface area contributed by atoms with Crippen LogP contribution in [0.5, 0.6) is 5.75 Å². The number of para-hydroxylation sites is 1. The molecule has 0 aliphatic carbocycles. The molecule has 0 unspecified atom stereocenters. The molecule has 0 aliphatic heterocycles. The molecule has 0 fully saturated rings. The monoisotopic (exact) mass is 345 g/mol. The van der Waals surface area contributed by atoms with Gasteiger partial charge in [0.15, 0.2) is 0 Å². The van der Waals surface area contributed by atoms with Crippen molar-refractivity contribution < 1.29 is 9.53 Å². The van der Waals surface area contributed by atoms with E-state index >= 15 is 0 Å². The lowest BCUT2D eigenvalue weighted by atomic mass is 10.2. The third-order valence-electron chi connectivity index (χ3n) is 3.54. The Balaban J connectivity index is 1.78. The Bertz CT molecular complexity index is 981. The van der Waals surface area contributed by atoms with E-state index in [4.69, 9.17) is 10.00 Å². The molecule has 7 nitrogen and oxygen atoms in total. The van der Waals surface area contributed by atoms with Gasteiger partial charge in [0.1, 0.15) is 29.7 Å². The quantitative estimate of drug-likeness (QED) is 0.735. The molecule has 0 spiro atoms. The van der Waals surface area contributed by atoms with E-state index in [0.29, 0.717) is 28.5 Å². The summed E-state index contributed by atoms with van der Waals surface area (Å²) in [4.78, 5) is 20.5. The van der Waals surface area contributed by atoms with E-state index in [-0.39, 0.29) is 11.6 Å². The van der Waals surface area contributed by atoms with Gasteiger partial charge in [-0.15, -0.1) is 0 Å². The third kappa shape index (κ3) is 3.94. The highest BCUT2D eigenvalue weighted by molar-refractivity contribution is 6.03. The van der Waals surface area contributed by atoms with Crippen LogP contribution in [0.25, 0.3) is 0 Å². The van der Waals surface area contributed by atoms with E-state index in [1.807, 2.05) is 0 Å². The molecule has 2 N–H and O–H groups in total. The summed E-state index contributed by atoms with van der Waals surface area (Å²) < 4.78 is 5.14. The highest BCUT2D eigenvalue weighted by Gasteiger charge is 2.10. The molecule has 0 aliphatic rings. The van der Waals surface area contributed by atoms with Crippen LogP contribution in [-0.4, -0.2) is 23.0 Å². The van der Waals surface area contributed by atoms with Crippen LogP contribution in [0.1, 0.15) is 16.1 Å². The average molecular weight is 345 g/mol. The maximum atomic E-state index is 12.4. The van der Waals surface area contributed by atoms with Gasteiger partial charge in [0.2, 0.25) is 0 Å². The second kappa shape index (κ2) is 7.77. The largest absolute Gasteiger partial charge is 0.497 e. The highest BCUT2D eigenvalue weighted by atomic mass is 16.5. The van der Waals surface area contributed by atoms with Crippen LogP contribution in [0.2, 0.25) is 0 Å². The fraction of sp³-hybridized carbons (Fsp3) is 0.0526. The van der Waals surface area contributed by atoms with Crippen LogP contribution in [0.15, 0.2) is 60.9 Å². The van der Waals surface area contributed by atoms with E-state index < -0.39 is 0 Å². The minimum atomic E-state index is -0.378. The molecule has 128 valence electrons. The predicted molar refractivity (Wildman–Crippen MR) is 97.4 cm³/mol. The number of hydrogen-bond donors (Lipinski definition) is 2. The predicted octanol–water partition coefficient (Wildman–Crippen LogP) is 3.35. The number of nitriles is 1. The first kappa shape index (κ1) is 16.9. The minimum absolute atomic E-state index is 0.194. The second-order valence-electron chi connectivity index (χ2n) is 5.26. The van der Waals surface area contributed by atoms with E-state index in [1.165, 1.54) is 12.4 Å². The number of amides is 1. The first-order valence-corrected chi connectivity index (χ1v) is 7.73. The molecule has 3 rings (SSSR count). The zero-order valence-electron chi connectivity index (χ0n) is 13.9. The molecule has 0 bridgehead atoms. The van der Waals surface area contributed by atoms with Crippen LogP contribution in [0.4, 0.5) is 17.2 Å². The zero-order chi connectivity index (χ0) is 18.4. The summed E-state index contributed by atoms with van der Waals surface area (Å²) in [6.45, 7) is 0. The van der Waals surface area contributed by atoms with Crippen molar-refractivity contribution in [1.29, 1.82) is 5.26 Å². The molecule has 1 aromatic heterocycles. The Morgan fingerprint density at radius 1 is 1.12 bits per heavy atom. The van der Waals surface area contributed by atoms with Crippen molar-refractivity contribution in [2.24, 2.45) is 0 Å². The highest BCUT2D eigenvalue weighted by Crippen LogP contribution is 2.20. The zero-order valence-corrected chi connectivity index (χ0v) is 13.9. The summed E-state index contributed by atoms with van der Waals surface area (Å²) in [6.07, 6.45) is 1.29. The molecule has 1 heterocycles. The first-order valence-electron chi connectivity index (χ1n) is 7.73. The number of ether oxygens (including phenoxy) is 1. The number of aromatic nitrogens is 2. The van der Waals surface area contributed by atoms with E-state index in [0.717, 1.165) is 0 Å². The molecule has 0 atom stereocenters. The molecule has 1 amide bonds. The molecular formula is C19H15N5O2. The van der Waals surface area contributed by atoms with Gasteiger partial charge in [-0.2, -0.15) is 5.26 Å². The van der Waals surface area contributed by atoms with Gasteiger partial charge in [-0.1, -0.05) is 18.2 Å². The number of methoxy groups -OCH3 is 1. The first-order chi connectivity index (χ1) is 12.7. The average Bonchev–Trinajstić information content (AvgIpc) is 2.69. The summed E-state index contributed by atoms with van der Waals surface area (Å²) in [6, 6.07) is 17.7. The van der Waals surface area contributed by atoms with Crippen molar-refractivity contribution >= 4 is 23.1 Å². The van der Waals surface area contributed by atoms with Crippen molar-refractivity contribution in [3.8, 4) is 11.8 Å². The van der Waals surface area contributed by atoms with Crippen LogP contribution >= 0.6 is 0 Å². The van der Waals surface area contributed by atoms with E-state index in [1.54, 1.807) is 55.6 Å². The van der Waals surface area contributed by atoms with Crippen LogP contribution in [0, 0.1) is 11.3 Å². The van der Waals surface area contributed by atoms with E-state index in [2.05, 4.69) is 26.7 Å². The van der Waals surface area contributed by atoms with Gasteiger partial charge in [0, 0.05) is 17.8 Å². The summed E-state index contributed by atoms with van der Waals surface area (Å²) in [5, 5.41) is 14.9. The Kier molecular flexibility index (Phi) is 5.05. The summed E-state index contributed by atoms with van der Waals surface area (Å²) in [7, 11) is 1.56. The maximum absolute atomic E-state index is 12.4. The number of carbonyl (C=O) groups is 1. The molecular weight excluding hydrogens is 330 g/mol. The minimum Gasteiger partial charge on any atom is -0.497 e. The topological polar surface area (TPSA) is 99.9 Å². The number of benzene rings is 2. The number of anilines is 3. The Labute approximate surface area is 150 Å². The summed E-state index contributed by atoms with van der Waals surface area (Å²) in [5.41, 5.74) is 1.87. The number of carbonyl (C=O) groups excluding carboxylic acids is 1. The van der Waals surface area contributed by atoms with Gasteiger partial charge in [-0.05, 0) is 24.3 Å². The van der Waals surface area contributed by atoms with Crippen LogP contribution < -0.4 is 15.4 Å². The number of rotatable bonds is 5. The lowest BCUT2D eigenvalue weighted by Crippen LogP contribution is -2.14. The van der Waals surface area contributed by atoms with Gasteiger partial charge in [-0.3, -0.25) is 4.79 Å². The van der Waals surface area contributed by atoms with Crippen molar-refractivity contribution in [3.05, 3.63) is 72.2 Å². The molecule has 3 aromatic rings. The number of nitrogens with zero attached hydrogens (tertiary/aromatic N) is 3. The van der Waals surface area contributed by atoms with Crippen LogP contribution in [-0.2, 0) is 0 Å². The Morgan fingerprint density at radius 2 is 1.96 bits per heavy atom. The van der Waals surface area contributed by atoms with Crippen molar-refractivity contribution in [2.75, 3.05) is 17.7 Å². The van der Waals surface area contributed by atoms with Crippen LogP contribution in [0.3, 0.4) is 0 Å². The summed E-state index contributed by atoms with van der Waals surface area (Å²) in [5.74, 6) is 0.678. The van der Waals surface area contributed by atoms with Gasteiger partial charge >= 0.3 is 0 Å². The lowest BCUT2D eigenvalue weighted by molar-refractivity contribution is 0.102. The fourth-order valence-electron chi connectivity index (χ4n) is 2.27.